The molecule has 1 aliphatic heterocycles. The normalized spacial score (nSPS) is 26.4. The van der Waals surface area contributed by atoms with Gasteiger partial charge in [0.2, 0.25) is 0 Å². The zero-order valence-electron chi connectivity index (χ0n) is 8.21. The summed E-state index contributed by atoms with van der Waals surface area (Å²) in [6, 6.07) is -0.916. The minimum atomic E-state index is -1.86. The standard InChI is InChI=1S/C7H14N2O7/c10-3(11)1-8-5(14)6(15)9(7(8)16)2-4(12)13/h3-6,10-15H,1-2H2. The van der Waals surface area contributed by atoms with E-state index in [9.17, 15) is 15.0 Å². The molecule has 2 amide bonds. The van der Waals surface area contributed by atoms with Crippen LogP contribution in [0.4, 0.5) is 4.79 Å². The number of β-amino-alcohol motifs (C(OH)–C–C–N with tert-alkyl or cyclic N) is 4. The smallest absolute Gasteiger partial charge is 0.324 e. The highest BCUT2D eigenvalue weighted by atomic mass is 16.5. The number of carbonyl (C=O) groups excluding carboxylic acids is 1. The first-order chi connectivity index (χ1) is 7.34. The van der Waals surface area contributed by atoms with Crippen LogP contribution in [0.2, 0.25) is 0 Å². The van der Waals surface area contributed by atoms with Crippen LogP contribution in [-0.2, 0) is 0 Å². The van der Waals surface area contributed by atoms with Gasteiger partial charge in [0.1, 0.15) is 0 Å². The second-order valence-electron chi connectivity index (χ2n) is 3.38. The summed E-state index contributed by atoms with van der Waals surface area (Å²) in [5.41, 5.74) is 0. The molecule has 16 heavy (non-hydrogen) atoms. The van der Waals surface area contributed by atoms with Gasteiger partial charge in [-0.25, -0.2) is 4.79 Å². The molecule has 0 spiro atoms. The van der Waals surface area contributed by atoms with Gasteiger partial charge >= 0.3 is 6.03 Å². The van der Waals surface area contributed by atoms with E-state index >= 15 is 0 Å². The topological polar surface area (TPSA) is 145 Å². The van der Waals surface area contributed by atoms with Crippen molar-refractivity contribution in [2.24, 2.45) is 0 Å². The maximum absolute atomic E-state index is 11.5. The molecule has 0 aromatic carbocycles. The summed E-state index contributed by atoms with van der Waals surface area (Å²) in [7, 11) is 0. The third kappa shape index (κ3) is 2.58. The van der Waals surface area contributed by atoms with Gasteiger partial charge < -0.3 is 30.6 Å². The van der Waals surface area contributed by atoms with Crippen molar-refractivity contribution < 1.29 is 35.4 Å². The van der Waals surface area contributed by atoms with Gasteiger partial charge in [-0.1, -0.05) is 0 Å². The molecule has 0 radical (unpaired) electrons. The molecule has 0 aromatic rings. The molecule has 2 atom stereocenters. The van der Waals surface area contributed by atoms with Gasteiger partial charge in [-0.2, -0.15) is 0 Å². The fraction of sp³-hybridized carbons (Fsp3) is 0.857. The van der Waals surface area contributed by atoms with Crippen molar-refractivity contribution in [2.45, 2.75) is 25.0 Å². The molecule has 1 rings (SSSR count). The van der Waals surface area contributed by atoms with Crippen molar-refractivity contribution in [3.63, 3.8) is 0 Å². The first-order valence-corrected chi connectivity index (χ1v) is 4.50. The molecule has 9 nitrogen and oxygen atoms in total. The molecule has 1 saturated heterocycles. The number of nitrogens with zero attached hydrogens (tertiary/aromatic N) is 2. The number of carbonyl (C=O) groups is 1. The largest absolute Gasteiger partial charge is 0.369 e. The lowest BCUT2D eigenvalue weighted by Crippen LogP contribution is -2.41. The first-order valence-electron chi connectivity index (χ1n) is 4.50. The first kappa shape index (κ1) is 13.1. The number of rotatable bonds is 4. The maximum Gasteiger partial charge on any atom is 0.324 e. The summed E-state index contributed by atoms with van der Waals surface area (Å²) in [6.07, 6.45) is -7.00. The molecular weight excluding hydrogens is 224 g/mol. The van der Waals surface area contributed by atoms with Crippen LogP contribution < -0.4 is 0 Å². The minimum Gasteiger partial charge on any atom is -0.369 e. The summed E-state index contributed by atoms with van der Waals surface area (Å²) in [6.45, 7) is -1.18. The average Bonchev–Trinajstić information content (AvgIpc) is 2.34. The molecule has 0 aromatic heterocycles. The summed E-state index contributed by atoms with van der Waals surface area (Å²) in [4.78, 5) is 12.7. The van der Waals surface area contributed by atoms with E-state index in [1.54, 1.807) is 0 Å². The predicted molar refractivity (Wildman–Crippen MR) is 47.3 cm³/mol. The number of urea groups is 1. The van der Waals surface area contributed by atoms with Crippen LogP contribution in [0.3, 0.4) is 0 Å². The molecule has 9 heteroatoms. The number of aliphatic hydroxyl groups is 6. The van der Waals surface area contributed by atoms with Gasteiger partial charge in [-0.3, -0.25) is 9.80 Å². The van der Waals surface area contributed by atoms with Crippen LogP contribution in [0.25, 0.3) is 0 Å². The molecule has 0 bridgehead atoms. The SMILES string of the molecule is O=C1N(CC(O)O)C(O)C(O)N1CC(O)O. The number of hydrogen-bond donors (Lipinski definition) is 6. The summed E-state index contributed by atoms with van der Waals surface area (Å²) >= 11 is 0. The third-order valence-corrected chi connectivity index (χ3v) is 2.12. The van der Waals surface area contributed by atoms with Gasteiger partial charge in [0.15, 0.2) is 25.0 Å². The van der Waals surface area contributed by atoms with Gasteiger partial charge in [0.05, 0.1) is 13.1 Å². The fourth-order valence-corrected chi connectivity index (χ4v) is 1.44. The third-order valence-electron chi connectivity index (χ3n) is 2.12. The second kappa shape index (κ2) is 4.91. The monoisotopic (exact) mass is 238 g/mol. The van der Waals surface area contributed by atoms with E-state index in [-0.39, 0.29) is 0 Å². The summed E-state index contributed by atoms with van der Waals surface area (Å²) < 4.78 is 0. The lowest BCUT2D eigenvalue weighted by Gasteiger charge is -2.20. The molecule has 0 saturated carbocycles. The van der Waals surface area contributed by atoms with Crippen LogP contribution in [0.15, 0.2) is 0 Å². The van der Waals surface area contributed by atoms with Gasteiger partial charge in [0.25, 0.3) is 0 Å². The van der Waals surface area contributed by atoms with Crippen LogP contribution in [0.5, 0.6) is 0 Å². The van der Waals surface area contributed by atoms with Gasteiger partial charge in [-0.15, -0.1) is 0 Å². The van der Waals surface area contributed by atoms with Crippen molar-refractivity contribution in [2.75, 3.05) is 13.1 Å². The Morgan fingerprint density at radius 3 is 1.50 bits per heavy atom. The zero-order chi connectivity index (χ0) is 12.5. The lowest BCUT2D eigenvalue weighted by atomic mass is 10.4. The van der Waals surface area contributed by atoms with E-state index in [1.807, 2.05) is 0 Å². The second-order valence-corrected chi connectivity index (χ2v) is 3.38. The zero-order valence-corrected chi connectivity index (χ0v) is 8.21. The van der Waals surface area contributed by atoms with Crippen LogP contribution >= 0.6 is 0 Å². The Balaban J connectivity index is 2.73. The molecule has 0 aliphatic carbocycles. The van der Waals surface area contributed by atoms with Crippen molar-refractivity contribution in [1.82, 2.24) is 9.80 Å². The van der Waals surface area contributed by atoms with E-state index < -0.39 is 44.2 Å². The minimum absolute atomic E-state index is 0.588. The lowest BCUT2D eigenvalue weighted by molar-refractivity contribution is -0.115. The molecule has 1 fully saturated rings. The molecule has 1 heterocycles. The Bertz CT molecular complexity index is 235. The number of hydrogen-bond acceptors (Lipinski definition) is 7. The van der Waals surface area contributed by atoms with Gasteiger partial charge in [0, 0.05) is 0 Å². The van der Waals surface area contributed by atoms with Crippen molar-refractivity contribution >= 4 is 6.03 Å². The molecule has 6 N–H and O–H groups in total. The van der Waals surface area contributed by atoms with Crippen LogP contribution in [-0.4, -0.2) is 84.6 Å². The number of amides is 2. The summed E-state index contributed by atoms with van der Waals surface area (Å²) in [5, 5.41) is 53.4. The van der Waals surface area contributed by atoms with Crippen molar-refractivity contribution in [1.29, 1.82) is 0 Å². The maximum atomic E-state index is 11.5. The Morgan fingerprint density at radius 2 is 1.25 bits per heavy atom. The summed E-state index contributed by atoms with van der Waals surface area (Å²) in [5.74, 6) is 0. The Morgan fingerprint density at radius 1 is 0.938 bits per heavy atom. The fourth-order valence-electron chi connectivity index (χ4n) is 1.44. The molecule has 94 valence electrons. The van der Waals surface area contributed by atoms with E-state index in [0.717, 1.165) is 0 Å². The highest BCUT2D eigenvalue weighted by molar-refractivity contribution is 5.77. The van der Waals surface area contributed by atoms with Crippen molar-refractivity contribution in [3.05, 3.63) is 0 Å². The molecule has 1 aliphatic rings. The molecular formula is C7H14N2O7. The van der Waals surface area contributed by atoms with E-state index in [2.05, 4.69) is 0 Å². The Labute approximate surface area is 90.4 Å². The van der Waals surface area contributed by atoms with Crippen LogP contribution in [0, 0.1) is 0 Å². The van der Waals surface area contributed by atoms with E-state index in [4.69, 9.17) is 20.4 Å². The van der Waals surface area contributed by atoms with E-state index in [1.165, 1.54) is 0 Å². The number of aliphatic hydroxyl groups excluding tert-OH is 4. The Hall–Kier alpha value is -0.970. The predicted octanol–water partition coefficient (Wildman–Crippen LogP) is -4.02. The van der Waals surface area contributed by atoms with Crippen LogP contribution in [0.1, 0.15) is 0 Å². The van der Waals surface area contributed by atoms with Gasteiger partial charge in [-0.05, 0) is 0 Å². The average molecular weight is 238 g/mol. The van der Waals surface area contributed by atoms with Crippen molar-refractivity contribution in [3.8, 4) is 0 Å². The highest BCUT2D eigenvalue weighted by Gasteiger charge is 2.44. The Kier molecular flexibility index (Phi) is 4.02. The van der Waals surface area contributed by atoms with E-state index in [0.29, 0.717) is 9.80 Å². The highest BCUT2D eigenvalue weighted by Crippen LogP contribution is 2.19. The molecule has 2 unspecified atom stereocenters. The quantitative estimate of drug-likeness (QED) is 0.273.